The van der Waals surface area contributed by atoms with Gasteiger partial charge in [0.2, 0.25) is 20.0 Å². The summed E-state index contributed by atoms with van der Waals surface area (Å²) in [5, 5.41) is 0. The highest BCUT2D eigenvalue weighted by atomic mass is 32.2. The maximum absolute atomic E-state index is 13.0. The molecule has 2 saturated heterocycles. The molecule has 2 fully saturated rings. The molecule has 0 atom stereocenters. The average molecular weight is 389 g/mol. The van der Waals surface area contributed by atoms with E-state index in [4.69, 9.17) is 4.74 Å². The van der Waals surface area contributed by atoms with Gasteiger partial charge in [0.05, 0.1) is 18.0 Å². The molecule has 2 heterocycles. The van der Waals surface area contributed by atoms with Gasteiger partial charge in [0.25, 0.3) is 0 Å². The number of sulfonamides is 2. The van der Waals surface area contributed by atoms with Crippen molar-refractivity contribution in [1.29, 1.82) is 0 Å². The fourth-order valence-corrected chi connectivity index (χ4v) is 6.57. The van der Waals surface area contributed by atoms with Crippen LogP contribution < -0.4 is 9.04 Å². The van der Waals surface area contributed by atoms with Crippen LogP contribution in [-0.4, -0.2) is 53.1 Å². The van der Waals surface area contributed by atoms with E-state index >= 15 is 0 Å². The number of hydrogen-bond donors (Lipinski definition) is 0. The Balaban J connectivity index is 2.06. The summed E-state index contributed by atoms with van der Waals surface area (Å²) in [6, 6.07) is 4.63. The van der Waals surface area contributed by atoms with Crippen molar-refractivity contribution in [2.24, 2.45) is 0 Å². The predicted octanol–water partition coefficient (Wildman–Crippen LogP) is 1.80. The van der Waals surface area contributed by atoms with E-state index in [0.29, 0.717) is 38.3 Å². The Morgan fingerprint density at radius 1 is 1.08 bits per heavy atom. The summed E-state index contributed by atoms with van der Waals surface area (Å²) >= 11 is 0. The second-order valence-electron chi connectivity index (χ2n) is 6.27. The summed E-state index contributed by atoms with van der Waals surface area (Å²) in [5.41, 5.74) is 0.390. The van der Waals surface area contributed by atoms with Gasteiger partial charge in [-0.05, 0) is 50.8 Å². The Morgan fingerprint density at radius 3 is 2.40 bits per heavy atom. The summed E-state index contributed by atoms with van der Waals surface area (Å²) in [6.07, 6.45) is 3.07. The zero-order chi connectivity index (χ0) is 18.1. The Hall–Kier alpha value is -1.32. The van der Waals surface area contributed by atoms with Crippen LogP contribution >= 0.6 is 0 Å². The molecule has 9 heteroatoms. The maximum atomic E-state index is 13.0. The van der Waals surface area contributed by atoms with Crippen LogP contribution in [0.5, 0.6) is 5.75 Å². The topological polar surface area (TPSA) is 84.0 Å². The zero-order valence-corrected chi connectivity index (χ0v) is 16.0. The highest BCUT2D eigenvalue weighted by molar-refractivity contribution is 7.92. The molecule has 0 unspecified atom stereocenters. The maximum Gasteiger partial charge on any atom is 0.246 e. The van der Waals surface area contributed by atoms with Gasteiger partial charge in [0, 0.05) is 19.6 Å². The molecule has 2 aliphatic heterocycles. The molecule has 0 amide bonds. The van der Waals surface area contributed by atoms with Crippen molar-refractivity contribution in [1.82, 2.24) is 4.31 Å². The quantitative estimate of drug-likeness (QED) is 0.768. The summed E-state index contributed by atoms with van der Waals surface area (Å²) in [7, 11) is -7.10. The molecule has 0 bridgehead atoms. The molecule has 0 spiro atoms. The van der Waals surface area contributed by atoms with Gasteiger partial charge < -0.3 is 4.74 Å². The highest BCUT2D eigenvalue weighted by Crippen LogP contribution is 2.34. The van der Waals surface area contributed by atoms with Gasteiger partial charge in [-0.25, -0.2) is 16.8 Å². The van der Waals surface area contributed by atoms with Crippen molar-refractivity contribution in [3.8, 4) is 5.75 Å². The molecule has 1 aromatic rings. The molecule has 3 rings (SSSR count). The van der Waals surface area contributed by atoms with E-state index < -0.39 is 20.0 Å². The average Bonchev–Trinajstić information content (AvgIpc) is 3.10. The van der Waals surface area contributed by atoms with E-state index in [1.54, 1.807) is 19.1 Å². The summed E-state index contributed by atoms with van der Waals surface area (Å²) in [6.45, 7) is 3.47. The lowest BCUT2D eigenvalue weighted by Crippen LogP contribution is -2.38. The fourth-order valence-electron chi connectivity index (χ4n) is 3.27. The number of ether oxygens (including phenoxy) is 1. The van der Waals surface area contributed by atoms with E-state index in [9.17, 15) is 16.8 Å². The third-order valence-electron chi connectivity index (χ3n) is 4.55. The first kappa shape index (κ1) is 18.5. The van der Waals surface area contributed by atoms with Crippen molar-refractivity contribution in [3.63, 3.8) is 0 Å². The molecule has 25 heavy (non-hydrogen) atoms. The Bertz CT molecular complexity index is 830. The van der Waals surface area contributed by atoms with Gasteiger partial charge in [-0.1, -0.05) is 0 Å². The minimum Gasteiger partial charge on any atom is -0.492 e. The zero-order valence-electron chi connectivity index (χ0n) is 14.3. The van der Waals surface area contributed by atoms with Crippen LogP contribution in [0, 0.1) is 0 Å². The first-order valence-electron chi connectivity index (χ1n) is 8.63. The van der Waals surface area contributed by atoms with Crippen LogP contribution in [0.25, 0.3) is 0 Å². The van der Waals surface area contributed by atoms with Gasteiger partial charge >= 0.3 is 0 Å². The second kappa shape index (κ2) is 7.13. The van der Waals surface area contributed by atoms with E-state index in [0.717, 1.165) is 19.3 Å². The summed E-state index contributed by atoms with van der Waals surface area (Å²) in [5.74, 6) is 0.363. The first-order valence-corrected chi connectivity index (χ1v) is 11.7. The second-order valence-corrected chi connectivity index (χ2v) is 10.2. The monoisotopic (exact) mass is 388 g/mol. The van der Waals surface area contributed by atoms with Gasteiger partial charge in [-0.2, -0.15) is 4.31 Å². The molecular weight excluding hydrogens is 364 g/mol. The Kier molecular flexibility index (Phi) is 5.26. The molecule has 2 aliphatic rings. The predicted molar refractivity (Wildman–Crippen MR) is 96.0 cm³/mol. The summed E-state index contributed by atoms with van der Waals surface area (Å²) in [4.78, 5) is 0.0505. The first-order chi connectivity index (χ1) is 11.9. The van der Waals surface area contributed by atoms with Gasteiger partial charge in [0.1, 0.15) is 10.6 Å². The van der Waals surface area contributed by atoms with Crippen LogP contribution in [-0.2, 0) is 20.0 Å². The van der Waals surface area contributed by atoms with Crippen LogP contribution in [0.1, 0.15) is 32.6 Å². The molecule has 0 aliphatic carbocycles. The number of anilines is 1. The molecule has 0 radical (unpaired) electrons. The number of hydrogen-bond acceptors (Lipinski definition) is 5. The fraction of sp³-hybridized carbons (Fsp3) is 0.625. The van der Waals surface area contributed by atoms with Crippen molar-refractivity contribution in [2.75, 3.05) is 36.3 Å². The molecular formula is C16H24N2O5S2. The third-order valence-corrected chi connectivity index (χ3v) is 8.34. The van der Waals surface area contributed by atoms with Gasteiger partial charge in [0.15, 0.2) is 0 Å². The van der Waals surface area contributed by atoms with Gasteiger partial charge in [-0.3, -0.25) is 4.31 Å². The molecule has 0 saturated carbocycles. The standard InChI is InChI=1S/C16H24N2O5S2/c1-2-23-15-8-7-14(18-11-5-6-12-24(18,19)20)13-16(15)25(21,22)17-9-3-4-10-17/h7-8,13H,2-6,9-12H2,1H3. The lowest BCUT2D eigenvalue weighted by atomic mass is 10.2. The molecule has 0 N–H and O–H groups in total. The lowest BCUT2D eigenvalue weighted by Gasteiger charge is -2.29. The van der Waals surface area contributed by atoms with Crippen LogP contribution in [0.3, 0.4) is 0 Å². The molecule has 140 valence electrons. The molecule has 0 aromatic heterocycles. The van der Waals surface area contributed by atoms with Crippen molar-refractivity contribution in [2.45, 2.75) is 37.5 Å². The number of benzene rings is 1. The van der Waals surface area contributed by atoms with Crippen molar-refractivity contribution >= 4 is 25.7 Å². The smallest absolute Gasteiger partial charge is 0.246 e. The SMILES string of the molecule is CCOc1ccc(N2CCCCS2(=O)=O)cc1S(=O)(=O)N1CCCC1. The van der Waals surface area contributed by atoms with Gasteiger partial charge in [-0.15, -0.1) is 0 Å². The van der Waals surface area contributed by atoms with Crippen LogP contribution in [0.2, 0.25) is 0 Å². The lowest BCUT2D eigenvalue weighted by molar-refractivity contribution is 0.329. The molecule has 7 nitrogen and oxygen atoms in total. The minimum atomic E-state index is -3.70. The molecule has 1 aromatic carbocycles. The van der Waals surface area contributed by atoms with E-state index in [1.807, 2.05) is 0 Å². The van der Waals surface area contributed by atoms with Crippen LogP contribution in [0.15, 0.2) is 23.1 Å². The normalized spacial score (nSPS) is 21.4. The number of rotatable bonds is 5. The van der Waals surface area contributed by atoms with E-state index in [1.165, 1.54) is 14.7 Å². The van der Waals surface area contributed by atoms with E-state index in [2.05, 4.69) is 0 Å². The Morgan fingerprint density at radius 2 is 1.76 bits per heavy atom. The third kappa shape index (κ3) is 3.63. The van der Waals surface area contributed by atoms with Crippen LogP contribution in [0.4, 0.5) is 5.69 Å². The van der Waals surface area contributed by atoms with Crippen molar-refractivity contribution in [3.05, 3.63) is 18.2 Å². The highest BCUT2D eigenvalue weighted by Gasteiger charge is 2.32. The Labute approximate surface area is 149 Å². The van der Waals surface area contributed by atoms with E-state index in [-0.39, 0.29) is 16.4 Å². The summed E-state index contributed by atoms with van der Waals surface area (Å²) < 4.78 is 59.0. The minimum absolute atomic E-state index is 0.0505. The largest absolute Gasteiger partial charge is 0.492 e. The van der Waals surface area contributed by atoms with Crippen molar-refractivity contribution < 1.29 is 21.6 Å². The number of nitrogens with zero attached hydrogens (tertiary/aromatic N) is 2.